The third-order valence-electron chi connectivity index (χ3n) is 6.20. The molecule has 0 aliphatic heterocycles. The molecule has 16 nitrogen and oxygen atoms in total. The molecule has 0 aromatic rings. The van der Waals surface area contributed by atoms with Crippen molar-refractivity contribution in [3.8, 4) is 0 Å². The Hall–Kier alpha value is -3.02. The summed E-state index contributed by atoms with van der Waals surface area (Å²) in [6.07, 6.45) is 2.06. The molecular weight excluding hydrogens is 620 g/mol. The topological polar surface area (TPSA) is 206 Å². The molecule has 0 rings (SSSR count). The number of carbonyl (C=O) groups excluding carboxylic acids is 6. The average molecular weight is 677 g/mol. The summed E-state index contributed by atoms with van der Waals surface area (Å²) in [7, 11) is 0. The summed E-state index contributed by atoms with van der Waals surface area (Å²) >= 11 is 0. The maximum absolute atomic E-state index is 12.9. The minimum atomic E-state index is -0.576. The summed E-state index contributed by atoms with van der Waals surface area (Å²) in [6, 6.07) is 0. The van der Waals surface area contributed by atoms with Gasteiger partial charge >= 0.3 is 0 Å². The van der Waals surface area contributed by atoms with Crippen molar-refractivity contribution in [2.45, 2.75) is 52.9 Å². The highest BCUT2D eigenvalue weighted by Crippen LogP contribution is 2.14. The third kappa shape index (κ3) is 31.4. The second kappa shape index (κ2) is 31.6. The minimum Gasteiger partial charge on any atom is -0.377 e. The van der Waals surface area contributed by atoms with Gasteiger partial charge in [0.05, 0.1) is 59.5 Å². The van der Waals surface area contributed by atoms with E-state index in [-0.39, 0.29) is 108 Å². The van der Waals surface area contributed by atoms with Crippen LogP contribution in [0.2, 0.25) is 0 Å². The highest BCUT2D eigenvalue weighted by Gasteiger charge is 2.21. The zero-order valence-corrected chi connectivity index (χ0v) is 28.3. The van der Waals surface area contributed by atoms with Gasteiger partial charge in [0.2, 0.25) is 23.6 Å². The van der Waals surface area contributed by atoms with Gasteiger partial charge in [0.25, 0.3) is 0 Å². The van der Waals surface area contributed by atoms with Crippen LogP contribution in [0.4, 0.5) is 0 Å². The Morgan fingerprint density at radius 2 is 0.979 bits per heavy atom. The number of rotatable bonds is 33. The number of nitrogens with one attached hydrogen (secondary N) is 4. The van der Waals surface area contributed by atoms with Crippen LogP contribution in [0.3, 0.4) is 0 Å². The second-order valence-electron chi connectivity index (χ2n) is 10.4. The lowest BCUT2D eigenvalue weighted by Gasteiger charge is -2.17. The summed E-state index contributed by atoms with van der Waals surface area (Å²) in [6.45, 7) is 8.35. The van der Waals surface area contributed by atoms with E-state index in [1.165, 1.54) is 13.8 Å². The number of hydrogen-bond acceptors (Lipinski definition) is 12. The molecule has 0 radical (unpaired) electrons. The van der Waals surface area contributed by atoms with Gasteiger partial charge in [0.15, 0.2) is 11.6 Å². The van der Waals surface area contributed by atoms with Crippen LogP contribution >= 0.6 is 0 Å². The van der Waals surface area contributed by atoms with E-state index in [4.69, 9.17) is 28.4 Å². The standard InChI is InChI=1S/C31H56N4O12/c1-4-28(38)22-45-18-15-44-14-11-35-31(41)27(21-29(39)23-46-19-16-42-12-9-32-25(2)36)7-5-6-8-34-30(40)24-47-20-17-43-13-10-33-26(3)37/h27H,4-24H2,1-3H3,(H,32,36)(H,33,37)(H,34,40)(H,35,41). The van der Waals surface area contributed by atoms with Crippen molar-refractivity contribution in [2.24, 2.45) is 5.92 Å². The van der Waals surface area contributed by atoms with E-state index in [1.54, 1.807) is 6.92 Å². The van der Waals surface area contributed by atoms with Gasteiger partial charge in [-0.2, -0.15) is 0 Å². The van der Waals surface area contributed by atoms with Crippen LogP contribution in [0.25, 0.3) is 0 Å². The molecule has 1 unspecified atom stereocenters. The van der Waals surface area contributed by atoms with Gasteiger partial charge in [-0.1, -0.05) is 13.3 Å². The molecule has 4 amide bonds. The van der Waals surface area contributed by atoms with E-state index < -0.39 is 5.92 Å². The van der Waals surface area contributed by atoms with Crippen LogP contribution in [-0.4, -0.2) is 141 Å². The van der Waals surface area contributed by atoms with Gasteiger partial charge in [-0.3, -0.25) is 28.8 Å². The molecule has 0 spiro atoms. The molecule has 0 saturated heterocycles. The van der Waals surface area contributed by atoms with Crippen LogP contribution in [0.15, 0.2) is 0 Å². The largest absolute Gasteiger partial charge is 0.377 e. The molecule has 0 aromatic heterocycles. The predicted octanol–water partition coefficient (Wildman–Crippen LogP) is -0.685. The van der Waals surface area contributed by atoms with E-state index in [1.807, 2.05) is 0 Å². The van der Waals surface area contributed by atoms with E-state index in [2.05, 4.69) is 21.3 Å². The molecule has 0 aromatic carbocycles. The summed E-state index contributed by atoms with van der Waals surface area (Å²) in [4.78, 5) is 70.3. The molecule has 0 bridgehead atoms. The minimum absolute atomic E-state index is 0.00244. The second-order valence-corrected chi connectivity index (χ2v) is 10.4. The fourth-order valence-electron chi connectivity index (χ4n) is 3.74. The maximum Gasteiger partial charge on any atom is 0.245 e. The van der Waals surface area contributed by atoms with Crippen molar-refractivity contribution in [2.75, 3.05) is 105 Å². The Kier molecular flexibility index (Phi) is 29.5. The first kappa shape index (κ1) is 44.0. The SMILES string of the molecule is CCC(=O)COCCOCCNC(=O)C(CCCCNC(=O)COCCOCCNC(C)=O)CC(=O)COCCOCCNC(C)=O. The number of amides is 4. The fraction of sp³-hybridized carbons (Fsp3) is 0.806. The predicted molar refractivity (Wildman–Crippen MR) is 171 cm³/mol. The summed E-state index contributed by atoms with van der Waals surface area (Å²) in [5.41, 5.74) is 0. The molecule has 16 heteroatoms. The lowest BCUT2D eigenvalue weighted by atomic mass is 9.95. The van der Waals surface area contributed by atoms with E-state index in [0.717, 1.165) is 0 Å². The third-order valence-corrected chi connectivity index (χ3v) is 6.20. The Bertz CT molecular complexity index is 891. The van der Waals surface area contributed by atoms with Crippen molar-refractivity contribution >= 4 is 35.2 Å². The van der Waals surface area contributed by atoms with E-state index in [0.29, 0.717) is 65.1 Å². The molecule has 272 valence electrons. The zero-order valence-electron chi connectivity index (χ0n) is 28.3. The molecule has 4 N–H and O–H groups in total. The Balaban J connectivity index is 4.37. The number of Topliss-reactive ketones (excluding diaryl/α,β-unsaturated/α-hetero) is 2. The first-order chi connectivity index (χ1) is 22.6. The summed E-state index contributed by atoms with van der Waals surface area (Å²) in [5, 5.41) is 10.8. The molecule has 0 aliphatic carbocycles. The Morgan fingerprint density at radius 1 is 0.511 bits per heavy atom. The van der Waals surface area contributed by atoms with Crippen LogP contribution in [0, 0.1) is 5.92 Å². The fourth-order valence-corrected chi connectivity index (χ4v) is 3.74. The number of hydrogen-bond donors (Lipinski definition) is 4. The van der Waals surface area contributed by atoms with Crippen molar-refractivity contribution in [1.29, 1.82) is 0 Å². The number of ether oxygens (including phenoxy) is 6. The highest BCUT2D eigenvalue weighted by molar-refractivity contribution is 5.87. The van der Waals surface area contributed by atoms with E-state index >= 15 is 0 Å². The van der Waals surface area contributed by atoms with Gasteiger partial charge < -0.3 is 49.7 Å². The molecule has 0 fully saturated rings. The normalized spacial score (nSPS) is 11.5. The molecule has 47 heavy (non-hydrogen) atoms. The van der Waals surface area contributed by atoms with Crippen molar-refractivity contribution < 1.29 is 57.2 Å². The van der Waals surface area contributed by atoms with Gasteiger partial charge in [-0.05, 0) is 12.8 Å². The van der Waals surface area contributed by atoms with E-state index in [9.17, 15) is 28.8 Å². The lowest BCUT2D eigenvalue weighted by Crippen LogP contribution is -2.35. The molecule has 0 heterocycles. The van der Waals surface area contributed by atoms with Gasteiger partial charge in [0.1, 0.15) is 19.8 Å². The van der Waals surface area contributed by atoms with Crippen molar-refractivity contribution in [3.63, 3.8) is 0 Å². The molecular formula is C31H56N4O12. The lowest BCUT2D eigenvalue weighted by molar-refractivity contribution is -0.132. The zero-order chi connectivity index (χ0) is 35.0. The number of carbonyl (C=O) groups is 6. The first-order valence-corrected chi connectivity index (χ1v) is 16.2. The van der Waals surface area contributed by atoms with Crippen LogP contribution in [0.5, 0.6) is 0 Å². The van der Waals surface area contributed by atoms with Crippen LogP contribution < -0.4 is 21.3 Å². The molecule has 1 atom stereocenters. The maximum atomic E-state index is 12.9. The van der Waals surface area contributed by atoms with Gasteiger partial charge in [-0.25, -0.2) is 0 Å². The van der Waals surface area contributed by atoms with Gasteiger partial charge in [-0.15, -0.1) is 0 Å². The number of ketones is 2. The van der Waals surface area contributed by atoms with Crippen molar-refractivity contribution in [3.05, 3.63) is 0 Å². The monoisotopic (exact) mass is 676 g/mol. The summed E-state index contributed by atoms with van der Waals surface area (Å²) in [5.74, 6) is -1.59. The highest BCUT2D eigenvalue weighted by atomic mass is 16.5. The molecule has 0 saturated carbocycles. The first-order valence-electron chi connectivity index (χ1n) is 16.2. The number of unbranched alkanes of at least 4 members (excludes halogenated alkanes) is 1. The van der Waals surface area contributed by atoms with Crippen LogP contribution in [0.1, 0.15) is 52.9 Å². The summed E-state index contributed by atoms with van der Waals surface area (Å²) < 4.78 is 31.9. The smallest absolute Gasteiger partial charge is 0.245 e. The Morgan fingerprint density at radius 3 is 1.49 bits per heavy atom. The Labute approximate surface area is 278 Å². The van der Waals surface area contributed by atoms with Crippen molar-refractivity contribution in [1.82, 2.24) is 21.3 Å². The molecule has 0 aliphatic rings. The van der Waals surface area contributed by atoms with Gasteiger partial charge in [0, 0.05) is 58.8 Å². The van der Waals surface area contributed by atoms with Crippen LogP contribution in [-0.2, 0) is 57.2 Å². The quantitative estimate of drug-likeness (QED) is 0.0638. The average Bonchev–Trinajstić information content (AvgIpc) is 3.03.